The molecule has 6 nitrogen and oxygen atoms in total. The van der Waals surface area contributed by atoms with Crippen LogP contribution in [0.15, 0.2) is 60.0 Å². The van der Waals surface area contributed by atoms with Crippen molar-refractivity contribution < 1.29 is 14.0 Å². The van der Waals surface area contributed by atoms with Crippen molar-refractivity contribution in [3.05, 3.63) is 88.3 Å². The van der Waals surface area contributed by atoms with Crippen LogP contribution in [0.2, 0.25) is 0 Å². The quantitative estimate of drug-likeness (QED) is 0.377. The fourth-order valence-corrected chi connectivity index (χ4v) is 5.24. The first-order valence-electron chi connectivity index (χ1n) is 11.5. The highest BCUT2D eigenvalue weighted by Gasteiger charge is 2.21. The summed E-state index contributed by atoms with van der Waals surface area (Å²) in [6, 6.07) is 15.8. The molecule has 2 amide bonds. The third-order valence-electron chi connectivity index (χ3n) is 6.25. The number of rotatable bonds is 6. The molecule has 1 aliphatic heterocycles. The Hall–Kier alpha value is -3.78. The van der Waals surface area contributed by atoms with Crippen LogP contribution < -0.4 is 5.32 Å². The number of aryl methyl sites for hydroxylation is 1. The van der Waals surface area contributed by atoms with E-state index in [2.05, 4.69) is 14.9 Å². The molecule has 35 heavy (non-hydrogen) atoms. The smallest absolute Gasteiger partial charge is 0.257 e. The van der Waals surface area contributed by atoms with E-state index in [9.17, 15) is 14.0 Å². The average Bonchev–Trinajstić information content (AvgIpc) is 3.54. The van der Waals surface area contributed by atoms with Gasteiger partial charge >= 0.3 is 0 Å². The molecule has 0 atom stereocenters. The van der Waals surface area contributed by atoms with E-state index in [1.807, 2.05) is 48.4 Å². The van der Waals surface area contributed by atoms with Crippen LogP contribution in [0.4, 0.5) is 9.52 Å². The van der Waals surface area contributed by atoms with E-state index >= 15 is 0 Å². The summed E-state index contributed by atoms with van der Waals surface area (Å²) < 4.78 is 15.4. The van der Waals surface area contributed by atoms with Gasteiger partial charge in [-0.15, -0.1) is 11.3 Å². The first-order chi connectivity index (χ1) is 16.9. The number of nitrogens with zero attached hydrogens (tertiary/aromatic N) is 3. The molecular formula is C27H25FN4O2S. The molecule has 1 saturated heterocycles. The van der Waals surface area contributed by atoms with E-state index in [1.54, 1.807) is 18.2 Å². The van der Waals surface area contributed by atoms with Gasteiger partial charge in [0.05, 0.1) is 5.69 Å². The van der Waals surface area contributed by atoms with Crippen LogP contribution in [-0.2, 0) is 11.3 Å². The summed E-state index contributed by atoms with van der Waals surface area (Å²) in [4.78, 5) is 31.3. The zero-order chi connectivity index (χ0) is 24.5. The number of anilines is 1. The minimum absolute atomic E-state index is 0.161. The van der Waals surface area contributed by atoms with Gasteiger partial charge in [-0.05, 0) is 68.3 Å². The number of carbonyl (C=O) groups excluding carboxylic acids is 2. The normalized spacial score (nSPS) is 13.5. The van der Waals surface area contributed by atoms with Gasteiger partial charge in [-0.25, -0.2) is 9.37 Å². The molecule has 1 aliphatic rings. The van der Waals surface area contributed by atoms with Crippen molar-refractivity contribution in [2.24, 2.45) is 0 Å². The topological polar surface area (TPSA) is 67.2 Å². The lowest BCUT2D eigenvalue weighted by molar-refractivity contribution is -0.128. The van der Waals surface area contributed by atoms with Crippen LogP contribution >= 0.6 is 11.3 Å². The summed E-state index contributed by atoms with van der Waals surface area (Å²) in [6.07, 6.45) is 1.48. The van der Waals surface area contributed by atoms with Crippen LogP contribution in [0.5, 0.6) is 0 Å². The molecule has 5 rings (SSSR count). The molecule has 1 N–H and O–H groups in total. The Kier molecular flexibility index (Phi) is 6.21. The first-order valence-corrected chi connectivity index (χ1v) is 12.4. The van der Waals surface area contributed by atoms with E-state index in [0.29, 0.717) is 23.7 Å². The summed E-state index contributed by atoms with van der Waals surface area (Å²) in [7, 11) is 0. The van der Waals surface area contributed by atoms with Gasteiger partial charge in [-0.2, -0.15) is 0 Å². The van der Waals surface area contributed by atoms with Crippen LogP contribution in [-0.4, -0.2) is 32.8 Å². The number of amides is 2. The first kappa shape index (κ1) is 23.0. The summed E-state index contributed by atoms with van der Waals surface area (Å²) >= 11 is 1.36. The molecular weight excluding hydrogens is 463 g/mol. The van der Waals surface area contributed by atoms with Crippen molar-refractivity contribution in [2.75, 3.05) is 11.9 Å². The number of halogens is 1. The molecule has 0 unspecified atom stereocenters. The van der Waals surface area contributed by atoms with E-state index in [4.69, 9.17) is 0 Å². The molecule has 178 valence electrons. The number of hydrogen-bond acceptors (Lipinski definition) is 4. The maximum atomic E-state index is 13.4. The SMILES string of the molecule is Cc1cc(-c2csc(NC(=O)c3cccc(CN4CCCC4=O)c3)n2)c(C)n1-c1ccc(F)cc1. The molecule has 0 radical (unpaired) electrons. The molecule has 1 fully saturated rings. The lowest BCUT2D eigenvalue weighted by Crippen LogP contribution is -2.24. The average molecular weight is 489 g/mol. The zero-order valence-electron chi connectivity index (χ0n) is 19.5. The van der Waals surface area contributed by atoms with Crippen molar-refractivity contribution in [1.29, 1.82) is 0 Å². The number of benzene rings is 2. The van der Waals surface area contributed by atoms with Crippen molar-refractivity contribution in [3.63, 3.8) is 0 Å². The van der Waals surface area contributed by atoms with Crippen LogP contribution in [0, 0.1) is 19.7 Å². The van der Waals surface area contributed by atoms with Crippen molar-refractivity contribution >= 4 is 28.3 Å². The van der Waals surface area contributed by atoms with Gasteiger partial charge in [-0.1, -0.05) is 12.1 Å². The van der Waals surface area contributed by atoms with E-state index in [1.165, 1.54) is 23.5 Å². The highest BCUT2D eigenvalue weighted by Crippen LogP contribution is 2.32. The highest BCUT2D eigenvalue weighted by atomic mass is 32.1. The second kappa shape index (κ2) is 9.46. The van der Waals surface area contributed by atoms with Gasteiger partial charge in [0.2, 0.25) is 5.91 Å². The van der Waals surface area contributed by atoms with Crippen LogP contribution in [0.3, 0.4) is 0 Å². The number of aromatic nitrogens is 2. The number of thiazole rings is 1. The fourth-order valence-electron chi connectivity index (χ4n) is 4.54. The Labute approximate surface area is 207 Å². The molecule has 4 aromatic rings. The van der Waals surface area contributed by atoms with Crippen molar-refractivity contribution in [2.45, 2.75) is 33.2 Å². The van der Waals surface area contributed by atoms with Gasteiger partial charge < -0.3 is 9.47 Å². The van der Waals surface area contributed by atoms with Gasteiger partial charge in [0.15, 0.2) is 5.13 Å². The number of likely N-dealkylation sites (tertiary alicyclic amines) is 1. The molecule has 8 heteroatoms. The summed E-state index contributed by atoms with van der Waals surface area (Å²) in [6.45, 7) is 5.28. The maximum absolute atomic E-state index is 13.4. The Morgan fingerprint density at radius 1 is 1.14 bits per heavy atom. The molecule has 2 aromatic heterocycles. The molecule has 0 aliphatic carbocycles. The van der Waals surface area contributed by atoms with Crippen LogP contribution in [0.25, 0.3) is 16.9 Å². The summed E-state index contributed by atoms with van der Waals surface area (Å²) in [5, 5.41) is 5.33. The monoisotopic (exact) mass is 488 g/mol. The Morgan fingerprint density at radius 3 is 2.69 bits per heavy atom. The lowest BCUT2D eigenvalue weighted by Gasteiger charge is -2.15. The van der Waals surface area contributed by atoms with Gasteiger partial charge in [0.25, 0.3) is 5.91 Å². The zero-order valence-corrected chi connectivity index (χ0v) is 20.4. The molecule has 0 saturated carbocycles. The largest absolute Gasteiger partial charge is 0.338 e. The lowest BCUT2D eigenvalue weighted by atomic mass is 10.1. The Balaban J connectivity index is 1.32. The molecule has 0 spiro atoms. The number of nitrogens with one attached hydrogen (secondary N) is 1. The second-order valence-electron chi connectivity index (χ2n) is 8.71. The van der Waals surface area contributed by atoms with Crippen molar-refractivity contribution in [3.8, 4) is 16.9 Å². The van der Waals surface area contributed by atoms with Gasteiger partial charge in [0.1, 0.15) is 5.82 Å². The minimum Gasteiger partial charge on any atom is -0.338 e. The molecule has 2 aromatic carbocycles. The Bertz CT molecular complexity index is 1410. The predicted octanol–water partition coefficient (Wildman–Crippen LogP) is 5.73. The third kappa shape index (κ3) is 4.74. The van der Waals surface area contributed by atoms with Crippen LogP contribution in [0.1, 0.15) is 40.2 Å². The second-order valence-corrected chi connectivity index (χ2v) is 9.57. The van der Waals surface area contributed by atoms with Gasteiger partial charge in [-0.3, -0.25) is 14.9 Å². The predicted molar refractivity (Wildman–Crippen MR) is 135 cm³/mol. The van der Waals surface area contributed by atoms with E-state index < -0.39 is 0 Å². The summed E-state index contributed by atoms with van der Waals surface area (Å²) in [5.74, 6) is -0.349. The third-order valence-corrected chi connectivity index (χ3v) is 7.01. The summed E-state index contributed by atoms with van der Waals surface area (Å²) in [5.41, 5.74) is 6.07. The standard InChI is InChI=1S/C27H25FN4O2S/c1-17-13-23(18(2)32(17)22-10-8-21(28)9-11-22)24-16-35-27(29-24)30-26(34)20-6-3-5-19(14-20)15-31-12-4-7-25(31)33/h3,5-6,8-11,13-14,16H,4,7,12,15H2,1-2H3,(H,29,30,34). The number of hydrogen-bond donors (Lipinski definition) is 1. The van der Waals surface area contributed by atoms with E-state index in [0.717, 1.165) is 46.9 Å². The number of carbonyl (C=O) groups is 2. The maximum Gasteiger partial charge on any atom is 0.257 e. The highest BCUT2D eigenvalue weighted by molar-refractivity contribution is 7.14. The molecule has 0 bridgehead atoms. The molecule has 3 heterocycles. The van der Waals surface area contributed by atoms with Gasteiger partial charge in [0, 0.05) is 53.1 Å². The van der Waals surface area contributed by atoms with Crippen molar-refractivity contribution in [1.82, 2.24) is 14.5 Å². The Morgan fingerprint density at radius 2 is 1.94 bits per heavy atom. The van der Waals surface area contributed by atoms with E-state index in [-0.39, 0.29) is 17.6 Å². The fraction of sp³-hybridized carbons (Fsp3) is 0.222. The minimum atomic E-state index is -0.272.